The molecular formula is C49H92O6. The van der Waals surface area contributed by atoms with Crippen molar-refractivity contribution in [2.45, 2.75) is 271 Å². The maximum Gasteiger partial charge on any atom is 0.306 e. The second-order valence-corrected chi connectivity index (χ2v) is 16.4. The zero-order chi connectivity index (χ0) is 40.1. The predicted molar refractivity (Wildman–Crippen MR) is 233 cm³/mol. The van der Waals surface area contributed by atoms with Gasteiger partial charge < -0.3 is 14.2 Å². The fourth-order valence-electron chi connectivity index (χ4n) is 7.08. The summed E-state index contributed by atoms with van der Waals surface area (Å²) in [4.78, 5) is 37.8. The molecule has 55 heavy (non-hydrogen) atoms. The van der Waals surface area contributed by atoms with Crippen molar-refractivity contribution in [3.8, 4) is 0 Å². The first-order valence-corrected chi connectivity index (χ1v) is 24.2. The molecule has 0 amide bonds. The molecule has 0 unspecified atom stereocenters. The Hall–Kier alpha value is -1.85. The van der Waals surface area contributed by atoms with Gasteiger partial charge in [0.15, 0.2) is 6.10 Å². The first-order chi connectivity index (χ1) is 27.0. The molecule has 0 bridgehead atoms. The fourth-order valence-corrected chi connectivity index (χ4v) is 7.08. The Kier molecular flexibility index (Phi) is 43.4. The van der Waals surface area contributed by atoms with Crippen LogP contribution in [0.4, 0.5) is 0 Å². The molecule has 0 heterocycles. The van der Waals surface area contributed by atoms with Gasteiger partial charge in [0.05, 0.1) is 0 Å². The lowest BCUT2D eigenvalue weighted by Gasteiger charge is -2.18. The average molecular weight is 777 g/mol. The monoisotopic (exact) mass is 777 g/mol. The Morgan fingerprint density at radius 1 is 0.345 bits per heavy atom. The summed E-state index contributed by atoms with van der Waals surface area (Å²) in [5.41, 5.74) is 0. The van der Waals surface area contributed by atoms with E-state index in [9.17, 15) is 14.4 Å². The summed E-state index contributed by atoms with van der Waals surface area (Å²) in [5, 5.41) is 0. The maximum atomic E-state index is 12.7. The number of hydrogen-bond donors (Lipinski definition) is 0. The van der Waals surface area contributed by atoms with E-state index in [1.807, 2.05) is 0 Å². The predicted octanol–water partition coefficient (Wildman–Crippen LogP) is 15.4. The minimum Gasteiger partial charge on any atom is -0.462 e. The lowest BCUT2D eigenvalue weighted by atomic mass is 10.0. The molecule has 0 aliphatic carbocycles. The Morgan fingerprint density at radius 3 is 0.909 bits per heavy atom. The van der Waals surface area contributed by atoms with Crippen molar-refractivity contribution in [1.82, 2.24) is 0 Å². The lowest BCUT2D eigenvalue weighted by molar-refractivity contribution is -0.167. The number of carbonyl (C=O) groups is 3. The second kappa shape index (κ2) is 44.9. The van der Waals surface area contributed by atoms with Crippen LogP contribution in [0.5, 0.6) is 0 Å². The number of allylic oxidation sites excluding steroid dienone is 2. The van der Waals surface area contributed by atoms with Crippen LogP contribution in [0.15, 0.2) is 12.2 Å². The van der Waals surface area contributed by atoms with Crippen molar-refractivity contribution in [2.24, 2.45) is 0 Å². The molecule has 0 aromatic carbocycles. The van der Waals surface area contributed by atoms with Crippen molar-refractivity contribution >= 4 is 17.9 Å². The van der Waals surface area contributed by atoms with Crippen molar-refractivity contribution in [1.29, 1.82) is 0 Å². The van der Waals surface area contributed by atoms with Gasteiger partial charge in [-0.1, -0.05) is 213 Å². The van der Waals surface area contributed by atoms with Gasteiger partial charge in [0.1, 0.15) is 13.2 Å². The van der Waals surface area contributed by atoms with Gasteiger partial charge in [-0.3, -0.25) is 14.4 Å². The van der Waals surface area contributed by atoms with Gasteiger partial charge >= 0.3 is 17.9 Å². The SMILES string of the molecule is CCCCCCC/C=C\CCCCCCCC(=O)OC[C@@H](COC(=O)CCCCCCCCCCCC)OC(=O)CCCCCCCCCCCCCCC. The van der Waals surface area contributed by atoms with Gasteiger partial charge in [-0.05, 0) is 44.9 Å². The Morgan fingerprint density at radius 2 is 0.600 bits per heavy atom. The van der Waals surface area contributed by atoms with E-state index in [-0.39, 0.29) is 31.1 Å². The summed E-state index contributed by atoms with van der Waals surface area (Å²) >= 11 is 0. The van der Waals surface area contributed by atoms with Gasteiger partial charge in [-0.2, -0.15) is 0 Å². The van der Waals surface area contributed by atoms with Crippen LogP contribution in [-0.2, 0) is 28.6 Å². The molecule has 6 heteroatoms. The number of unbranched alkanes of at least 4 members (excludes halogenated alkanes) is 31. The largest absolute Gasteiger partial charge is 0.462 e. The van der Waals surface area contributed by atoms with Crippen molar-refractivity contribution < 1.29 is 28.6 Å². The molecule has 0 rings (SSSR count). The van der Waals surface area contributed by atoms with Gasteiger partial charge in [-0.25, -0.2) is 0 Å². The van der Waals surface area contributed by atoms with Crippen LogP contribution in [0.1, 0.15) is 265 Å². The molecule has 0 aliphatic rings. The van der Waals surface area contributed by atoms with E-state index in [1.165, 1.54) is 161 Å². The maximum absolute atomic E-state index is 12.7. The second-order valence-electron chi connectivity index (χ2n) is 16.4. The summed E-state index contributed by atoms with van der Waals surface area (Å²) in [6, 6.07) is 0. The van der Waals surface area contributed by atoms with Gasteiger partial charge in [0.25, 0.3) is 0 Å². The van der Waals surface area contributed by atoms with Gasteiger partial charge in [0.2, 0.25) is 0 Å². The zero-order valence-corrected chi connectivity index (χ0v) is 37.0. The van der Waals surface area contributed by atoms with Crippen molar-refractivity contribution in [3.05, 3.63) is 12.2 Å². The molecule has 0 radical (unpaired) electrons. The summed E-state index contributed by atoms with van der Waals surface area (Å²) < 4.78 is 16.7. The molecule has 1 atom stereocenters. The van der Waals surface area contributed by atoms with E-state index in [2.05, 4.69) is 32.9 Å². The molecule has 0 saturated heterocycles. The summed E-state index contributed by atoms with van der Waals surface area (Å²) in [7, 11) is 0. The molecule has 0 aromatic heterocycles. The molecule has 0 aromatic rings. The standard InChI is InChI=1S/C49H92O6/c1-4-7-10-13-16-19-22-24-26-27-30-33-36-39-42-48(51)54-45-46(44-53-47(50)41-38-35-32-29-21-18-15-12-9-6-3)55-49(52)43-40-37-34-31-28-25-23-20-17-14-11-8-5-2/h22,24,46H,4-21,23,25-45H2,1-3H3/b24-22-/t46-/m1/s1. The number of ether oxygens (including phenoxy) is 3. The summed E-state index contributed by atoms with van der Waals surface area (Å²) in [5.74, 6) is -0.867. The lowest BCUT2D eigenvalue weighted by Crippen LogP contribution is -2.30. The average Bonchev–Trinajstić information content (AvgIpc) is 3.18. The minimum atomic E-state index is -0.764. The first-order valence-electron chi connectivity index (χ1n) is 24.2. The molecule has 0 spiro atoms. The van der Waals surface area contributed by atoms with Gasteiger partial charge in [-0.15, -0.1) is 0 Å². The van der Waals surface area contributed by atoms with Crippen LogP contribution in [0, 0.1) is 0 Å². The minimum absolute atomic E-state index is 0.0679. The third kappa shape index (κ3) is 43.1. The Bertz CT molecular complexity index is 854. The molecule has 324 valence electrons. The highest BCUT2D eigenvalue weighted by molar-refractivity contribution is 5.71. The normalized spacial score (nSPS) is 12.0. The summed E-state index contributed by atoms with van der Waals surface area (Å²) in [6.45, 7) is 6.63. The van der Waals surface area contributed by atoms with Crippen molar-refractivity contribution in [3.63, 3.8) is 0 Å². The first kappa shape index (κ1) is 53.1. The molecule has 0 N–H and O–H groups in total. The van der Waals surface area contributed by atoms with E-state index in [1.54, 1.807) is 0 Å². The van der Waals surface area contributed by atoms with Gasteiger partial charge in [0, 0.05) is 19.3 Å². The number of esters is 3. The van der Waals surface area contributed by atoms with Crippen LogP contribution in [0.3, 0.4) is 0 Å². The van der Waals surface area contributed by atoms with Crippen LogP contribution < -0.4 is 0 Å². The fraction of sp³-hybridized carbons (Fsp3) is 0.898. The van der Waals surface area contributed by atoms with E-state index in [4.69, 9.17) is 14.2 Å². The molecule has 0 saturated carbocycles. The summed E-state index contributed by atoms with van der Waals surface area (Å²) in [6.07, 6.45) is 47.6. The zero-order valence-electron chi connectivity index (χ0n) is 37.0. The Balaban J connectivity index is 4.33. The van der Waals surface area contributed by atoms with E-state index < -0.39 is 6.10 Å². The molecule has 6 nitrogen and oxygen atoms in total. The van der Waals surface area contributed by atoms with E-state index in [0.717, 1.165) is 64.2 Å². The number of rotatable bonds is 44. The highest BCUT2D eigenvalue weighted by atomic mass is 16.6. The van der Waals surface area contributed by atoms with Crippen LogP contribution in [0.25, 0.3) is 0 Å². The Labute approximate surface area is 341 Å². The number of carbonyl (C=O) groups excluding carboxylic acids is 3. The third-order valence-electron chi connectivity index (χ3n) is 10.8. The third-order valence-corrected chi connectivity index (χ3v) is 10.8. The van der Waals surface area contributed by atoms with Crippen LogP contribution >= 0.6 is 0 Å². The van der Waals surface area contributed by atoms with Crippen LogP contribution in [0.2, 0.25) is 0 Å². The number of hydrogen-bond acceptors (Lipinski definition) is 6. The van der Waals surface area contributed by atoms with E-state index in [0.29, 0.717) is 19.3 Å². The van der Waals surface area contributed by atoms with E-state index >= 15 is 0 Å². The quantitative estimate of drug-likeness (QED) is 0.0265. The molecule has 0 fully saturated rings. The van der Waals surface area contributed by atoms with Crippen molar-refractivity contribution in [2.75, 3.05) is 13.2 Å². The molecular weight excluding hydrogens is 685 g/mol. The smallest absolute Gasteiger partial charge is 0.306 e. The topological polar surface area (TPSA) is 78.9 Å². The highest BCUT2D eigenvalue weighted by Crippen LogP contribution is 2.15. The molecule has 0 aliphatic heterocycles. The highest BCUT2D eigenvalue weighted by Gasteiger charge is 2.19. The van der Waals surface area contributed by atoms with Crippen LogP contribution in [-0.4, -0.2) is 37.2 Å².